The number of hydrogen-bond donors (Lipinski definition) is 1. The first-order chi connectivity index (χ1) is 19.2. The number of nitrogens with zero attached hydrogens (tertiary/aromatic N) is 4. The summed E-state index contributed by atoms with van der Waals surface area (Å²) in [5, 5.41) is 3.53. The summed E-state index contributed by atoms with van der Waals surface area (Å²) in [7, 11) is 3.72. The zero-order valence-electron chi connectivity index (χ0n) is 22.5. The molecule has 1 aromatic carbocycles. The highest BCUT2D eigenvalue weighted by Gasteiger charge is 2.16. The number of rotatable bonds is 5. The SMILES string of the molecule is C/C(=C\C(=O)c1ccc(Cl)nc1Cl)N(C)C.CC(=O)Nc1cc(-n2c(C)cc(=O)c3ccc(Cl)nc32)c(F)cc1Br. The van der Waals surface area contributed by atoms with Gasteiger partial charge in [-0.05, 0) is 66.2 Å². The maximum Gasteiger partial charge on any atom is 0.221 e. The minimum Gasteiger partial charge on any atom is -0.381 e. The van der Waals surface area contributed by atoms with Crippen LogP contribution in [0.4, 0.5) is 10.1 Å². The van der Waals surface area contributed by atoms with E-state index in [0.717, 1.165) is 5.70 Å². The van der Waals surface area contributed by atoms with Crippen molar-refractivity contribution in [1.29, 1.82) is 0 Å². The van der Waals surface area contributed by atoms with Crippen LogP contribution < -0.4 is 10.7 Å². The average molecular weight is 684 g/mol. The molecule has 8 nitrogen and oxygen atoms in total. The van der Waals surface area contributed by atoms with Gasteiger partial charge in [0.15, 0.2) is 11.2 Å². The van der Waals surface area contributed by atoms with Crippen LogP contribution in [0.3, 0.4) is 0 Å². The molecular weight excluding hydrogens is 660 g/mol. The number of nitrogens with one attached hydrogen (secondary N) is 1. The number of carbonyl (C=O) groups excluding carboxylic acids is 2. The number of aromatic nitrogens is 3. The van der Waals surface area contributed by atoms with Crippen LogP contribution in [0.25, 0.3) is 16.7 Å². The van der Waals surface area contributed by atoms with Crippen molar-refractivity contribution in [3.05, 3.63) is 101 Å². The van der Waals surface area contributed by atoms with E-state index < -0.39 is 5.82 Å². The minimum absolute atomic E-state index is 0.125. The second-order valence-corrected chi connectivity index (χ2v) is 11.0. The van der Waals surface area contributed by atoms with Gasteiger partial charge in [0, 0.05) is 49.0 Å². The molecule has 0 atom stereocenters. The molecule has 1 N–H and O–H groups in total. The predicted molar refractivity (Wildman–Crippen MR) is 165 cm³/mol. The Kier molecular flexibility index (Phi) is 10.7. The van der Waals surface area contributed by atoms with E-state index in [9.17, 15) is 18.8 Å². The molecule has 214 valence electrons. The Morgan fingerprint density at radius 3 is 2.27 bits per heavy atom. The highest BCUT2D eigenvalue weighted by atomic mass is 79.9. The van der Waals surface area contributed by atoms with E-state index in [-0.39, 0.29) is 43.9 Å². The van der Waals surface area contributed by atoms with E-state index in [0.29, 0.717) is 26.8 Å². The van der Waals surface area contributed by atoms with Crippen LogP contribution in [-0.2, 0) is 4.79 Å². The molecule has 41 heavy (non-hydrogen) atoms. The van der Waals surface area contributed by atoms with E-state index in [1.54, 1.807) is 25.1 Å². The minimum atomic E-state index is -0.546. The van der Waals surface area contributed by atoms with Crippen LogP contribution in [0, 0.1) is 12.7 Å². The summed E-state index contributed by atoms with van der Waals surface area (Å²) in [6.07, 6.45) is 1.51. The molecule has 0 radical (unpaired) electrons. The van der Waals surface area contributed by atoms with E-state index in [2.05, 4.69) is 31.2 Å². The monoisotopic (exact) mass is 681 g/mol. The molecule has 0 saturated carbocycles. The van der Waals surface area contributed by atoms with Gasteiger partial charge >= 0.3 is 0 Å². The Morgan fingerprint density at radius 2 is 1.66 bits per heavy atom. The standard InChI is InChI=1S/C17H12BrClFN3O2.C11H12Cl2N2O/c1-8-5-15(25)10-3-4-16(19)22-17(10)23(8)14-7-13(21-9(2)24)11(18)6-12(14)20;1-7(15(2)3)6-9(16)8-4-5-10(12)14-11(8)13/h3-7H,1-2H3,(H,21,24);4-6H,1-3H3/b;7-6+. The van der Waals surface area contributed by atoms with Gasteiger partial charge in [0.05, 0.1) is 22.3 Å². The number of halogens is 5. The van der Waals surface area contributed by atoms with Gasteiger partial charge in [0.1, 0.15) is 26.9 Å². The van der Waals surface area contributed by atoms with Crippen molar-refractivity contribution in [3.63, 3.8) is 0 Å². The molecule has 4 rings (SSSR count). The van der Waals surface area contributed by atoms with Gasteiger partial charge in [-0.25, -0.2) is 14.4 Å². The van der Waals surface area contributed by atoms with Crippen molar-refractivity contribution in [2.75, 3.05) is 19.4 Å². The van der Waals surface area contributed by atoms with Crippen molar-refractivity contribution in [3.8, 4) is 5.69 Å². The van der Waals surface area contributed by atoms with Crippen molar-refractivity contribution in [2.45, 2.75) is 20.8 Å². The van der Waals surface area contributed by atoms with E-state index >= 15 is 0 Å². The lowest BCUT2D eigenvalue weighted by Gasteiger charge is -2.17. The van der Waals surface area contributed by atoms with Crippen molar-refractivity contribution in [1.82, 2.24) is 19.4 Å². The quantitative estimate of drug-likeness (QED) is 0.135. The number of fused-ring (bicyclic) bond motifs is 1. The number of aryl methyl sites for hydroxylation is 1. The predicted octanol–water partition coefficient (Wildman–Crippen LogP) is 7.24. The third-order valence-electron chi connectivity index (χ3n) is 5.72. The Morgan fingerprint density at radius 1 is 1.02 bits per heavy atom. The first-order valence-electron chi connectivity index (χ1n) is 11.9. The molecule has 1 amide bonds. The van der Waals surface area contributed by atoms with Crippen LogP contribution in [0.1, 0.15) is 29.9 Å². The summed E-state index contributed by atoms with van der Waals surface area (Å²) >= 11 is 20.7. The zero-order valence-corrected chi connectivity index (χ0v) is 26.4. The first-order valence-corrected chi connectivity index (χ1v) is 13.8. The largest absolute Gasteiger partial charge is 0.381 e. The Hall–Kier alpha value is -3.31. The summed E-state index contributed by atoms with van der Waals surface area (Å²) in [5.41, 5.74) is 2.24. The Balaban J connectivity index is 0.000000250. The highest BCUT2D eigenvalue weighted by Crippen LogP contribution is 2.30. The smallest absolute Gasteiger partial charge is 0.221 e. The first kappa shape index (κ1) is 32.2. The van der Waals surface area contributed by atoms with Crippen LogP contribution in [0.2, 0.25) is 15.5 Å². The van der Waals surface area contributed by atoms with Crippen molar-refractivity contribution < 1.29 is 14.0 Å². The van der Waals surface area contributed by atoms with Gasteiger partial charge in [-0.15, -0.1) is 0 Å². The van der Waals surface area contributed by atoms with Gasteiger partial charge in [-0.2, -0.15) is 0 Å². The third kappa shape index (κ3) is 7.91. The number of benzene rings is 1. The lowest BCUT2D eigenvalue weighted by molar-refractivity contribution is -0.114. The summed E-state index contributed by atoms with van der Waals surface area (Å²) in [4.78, 5) is 45.2. The third-order valence-corrected chi connectivity index (χ3v) is 7.09. The number of carbonyl (C=O) groups is 2. The second-order valence-electron chi connectivity index (χ2n) is 8.97. The van der Waals surface area contributed by atoms with Gasteiger partial charge < -0.3 is 10.2 Å². The normalized spacial score (nSPS) is 11.1. The molecule has 0 unspecified atom stereocenters. The average Bonchev–Trinajstić information content (AvgIpc) is 2.86. The zero-order chi connectivity index (χ0) is 30.6. The highest BCUT2D eigenvalue weighted by molar-refractivity contribution is 9.10. The molecule has 0 spiro atoms. The number of anilines is 1. The number of pyridine rings is 3. The summed E-state index contributed by atoms with van der Waals surface area (Å²) in [5.74, 6) is -1.02. The summed E-state index contributed by atoms with van der Waals surface area (Å²) in [6, 6.07) is 10.3. The molecule has 0 aliphatic heterocycles. The van der Waals surface area contributed by atoms with E-state index in [1.165, 1.54) is 41.8 Å². The number of hydrogen-bond acceptors (Lipinski definition) is 6. The number of allylic oxidation sites excluding steroid dienone is 2. The van der Waals surface area contributed by atoms with Gasteiger partial charge in [-0.3, -0.25) is 19.0 Å². The molecule has 0 fully saturated rings. The Bertz CT molecular complexity index is 1760. The van der Waals surface area contributed by atoms with Crippen LogP contribution in [0.5, 0.6) is 0 Å². The molecule has 3 aromatic heterocycles. The van der Waals surface area contributed by atoms with Crippen molar-refractivity contribution in [2.24, 2.45) is 0 Å². The molecule has 0 bridgehead atoms. The lowest BCUT2D eigenvalue weighted by Crippen LogP contribution is -2.14. The molecule has 0 aliphatic carbocycles. The van der Waals surface area contributed by atoms with Crippen LogP contribution in [-0.4, -0.2) is 45.2 Å². The maximum atomic E-state index is 14.7. The number of amides is 1. The molecule has 13 heteroatoms. The van der Waals surface area contributed by atoms with E-state index in [1.807, 2.05) is 25.9 Å². The second kappa shape index (κ2) is 13.6. The summed E-state index contributed by atoms with van der Waals surface area (Å²) in [6.45, 7) is 4.87. The van der Waals surface area contributed by atoms with Gasteiger partial charge in [-0.1, -0.05) is 34.8 Å². The topological polar surface area (TPSA) is 97.2 Å². The number of ketones is 1. The van der Waals surface area contributed by atoms with Crippen molar-refractivity contribution >= 4 is 79.1 Å². The van der Waals surface area contributed by atoms with Gasteiger partial charge in [0.2, 0.25) is 5.91 Å². The van der Waals surface area contributed by atoms with Gasteiger partial charge in [0.25, 0.3) is 0 Å². The molecule has 4 aromatic rings. The fraction of sp³-hybridized carbons (Fsp3) is 0.179. The maximum absolute atomic E-state index is 14.7. The van der Waals surface area contributed by atoms with Crippen LogP contribution >= 0.6 is 50.7 Å². The molecule has 3 heterocycles. The fourth-order valence-corrected chi connectivity index (χ4v) is 4.57. The van der Waals surface area contributed by atoms with Crippen LogP contribution in [0.15, 0.2) is 63.5 Å². The van der Waals surface area contributed by atoms with E-state index in [4.69, 9.17) is 34.8 Å². The molecule has 0 saturated heterocycles. The lowest BCUT2D eigenvalue weighted by atomic mass is 10.1. The summed E-state index contributed by atoms with van der Waals surface area (Å²) < 4.78 is 16.6. The Labute approximate surface area is 258 Å². The molecular formula is C28H24BrCl3FN5O3. The molecule has 0 aliphatic rings. The fourth-order valence-electron chi connectivity index (χ4n) is 3.58.